The third kappa shape index (κ3) is 1.51. The van der Waals surface area contributed by atoms with E-state index < -0.39 is 17.2 Å². The average molecular weight is 229 g/mol. The van der Waals surface area contributed by atoms with E-state index in [0.29, 0.717) is 12.8 Å². The van der Waals surface area contributed by atoms with Crippen LogP contribution in [0, 0.1) is 11.6 Å². The second-order valence-electron chi connectivity index (χ2n) is 3.94. The van der Waals surface area contributed by atoms with E-state index in [-0.39, 0.29) is 17.1 Å². The Bertz CT molecular complexity index is 430. The van der Waals surface area contributed by atoms with Gasteiger partial charge in [0.05, 0.1) is 19.8 Å². The summed E-state index contributed by atoms with van der Waals surface area (Å²) >= 11 is 0. The van der Waals surface area contributed by atoms with Gasteiger partial charge in [-0.05, 0) is 12.8 Å². The van der Waals surface area contributed by atoms with E-state index in [4.69, 9.17) is 15.2 Å². The molecule has 2 rings (SSSR count). The van der Waals surface area contributed by atoms with Gasteiger partial charge in [0.15, 0.2) is 17.3 Å². The van der Waals surface area contributed by atoms with Crippen LogP contribution < -0.4 is 15.2 Å². The van der Waals surface area contributed by atoms with Crippen molar-refractivity contribution in [3.05, 3.63) is 23.3 Å². The van der Waals surface area contributed by atoms with Gasteiger partial charge in [-0.25, -0.2) is 8.78 Å². The van der Waals surface area contributed by atoms with Crippen LogP contribution in [0.1, 0.15) is 18.4 Å². The number of methoxy groups -OCH3 is 2. The molecule has 0 atom stereocenters. The van der Waals surface area contributed by atoms with Crippen LogP contribution in [0.2, 0.25) is 0 Å². The van der Waals surface area contributed by atoms with Crippen LogP contribution in [0.5, 0.6) is 11.5 Å². The lowest BCUT2D eigenvalue weighted by atomic mass is 10.0. The zero-order valence-corrected chi connectivity index (χ0v) is 9.14. The first-order valence-electron chi connectivity index (χ1n) is 4.93. The number of benzene rings is 1. The van der Waals surface area contributed by atoms with E-state index >= 15 is 0 Å². The van der Waals surface area contributed by atoms with Gasteiger partial charge in [0, 0.05) is 11.6 Å². The summed E-state index contributed by atoms with van der Waals surface area (Å²) in [5.74, 6) is -1.52. The molecule has 5 heteroatoms. The van der Waals surface area contributed by atoms with E-state index in [2.05, 4.69) is 0 Å². The number of hydrogen-bond donors (Lipinski definition) is 1. The number of ether oxygens (including phenoxy) is 2. The van der Waals surface area contributed by atoms with Gasteiger partial charge in [0.25, 0.3) is 0 Å². The fourth-order valence-electron chi connectivity index (χ4n) is 1.81. The van der Waals surface area contributed by atoms with Gasteiger partial charge >= 0.3 is 0 Å². The van der Waals surface area contributed by atoms with Gasteiger partial charge in [0.2, 0.25) is 0 Å². The number of nitrogens with two attached hydrogens (primary N) is 1. The Hall–Kier alpha value is -1.36. The van der Waals surface area contributed by atoms with Gasteiger partial charge in [-0.3, -0.25) is 0 Å². The van der Waals surface area contributed by atoms with Gasteiger partial charge in [-0.15, -0.1) is 0 Å². The summed E-state index contributed by atoms with van der Waals surface area (Å²) in [4.78, 5) is 0. The summed E-state index contributed by atoms with van der Waals surface area (Å²) in [6.07, 6.45) is 1.32. The predicted molar refractivity (Wildman–Crippen MR) is 54.6 cm³/mol. The van der Waals surface area contributed by atoms with Gasteiger partial charge in [0.1, 0.15) is 5.82 Å². The van der Waals surface area contributed by atoms with Crippen molar-refractivity contribution in [2.75, 3.05) is 14.2 Å². The predicted octanol–water partition coefficient (Wildman–Crippen LogP) is 1.93. The molecule has 0 aromatic heterocycles. The highest BCUT2D eigenvalue weighted by Gasteiger charge is 2.45. The minimum atomic E-state index is -0.787. The van der Waals surface area contributed by atoms with Crippen molar-refractivity contribution in [3.8, 4) is 11.5 Å². The molecule has 0 aliphatic heterocycles. The van der Waals surface area contributed by atoms with Gasteiger partial charge < -0.3 is 15.2 Å². The van der Waals surface area contributed by atoms with Crippen molar-refractivity contribution in [3.63, 3.8) is 0 Å². The summed E-state index contributed by atoms with van der Waals surface area (Å²) in [6.45, 7) is 0. The molecule has 1 aliphatic carbocycles. The second-order valence-corrected chi connectivity index (χ2v) is 3.94. The van der Waals surface area contributed by atoms with Crippen molar-refractivity contribution in [2.24, 2.45) is 5.73 Å². The fourth-order valence-corrected chi connectivity index (χ4v) is 1.81. The Balaban J connectivity index is 2.66. The minimum Gasteiger partial charge on any atom is -0.492 e. The number of hydrogen-bond acceptors (Lipinski definition) is 3. The zero-order chi connectivity index (χ0) is 11.9. The lowest BCUT2D eigenvalue weighted by Gasteiger charge is -2.18. The largest absolute Gasteiger partial charge is 0.492 e. The summed E-state index contributed by atoms with van der Waals surface area (Å²) in [5.41, 5.74) is 5.38. The Morgan fingerprint density at radius 3 is 2.12 bits per heavy atom. The fraction of sp³-hybridized carbons (Fsp3) is 0.455. The molecular formula is C11H13F2NO2. The molecule has 1 fully saturated rings. The lowest BCUT2D eigenvalue weighted by molar-refractivity contribution is 0.326. The molecule has 1 aliphatic rings. The molecule has 0 bridgehead atoms. The van der Waals surface area contributed by atoms with Gasteiger partial charge in [-0.2, -0.15) is 0 Å². The Labute approximate surface area is 92.1 Å². The average Bonchev–Trinajstić information content (AvgIpc) is 2.95. The summed E-state index contributed by atoms with van der Waals surface area (Å²) < 4.78 is 37.0. The first kappa shape index (κ1) is 11.1. The monoisotopic (exact) mass is 229 g/mol. The van der Waals surface area contributed by atoms with E-state index in [1.807, 2.05) is 0 Å². The number of rotatable bonds is 3. The molecule has 0 radical (unpaired) electrons. The van der Waals surface area contributed by atoms with Crippen molar-refractivity contribution in [1.29, 1.82) is 0 Å². The van der Waals surface area contributed by atoms with Crippen molar-refractivity contribution in [1.82, 2.24) is 0 Å². The summed E-state index contributed by atoms with van der Waals surface area (Å²) in [5, 5.41) is 0. The van der Waals surface area contributed by atoms with Gasteiger partial charge in [-0.1, -0.05) is 0 Å². The van der Waals surface area contributed by atoms with Crippen LogP contribution in [0.3, 0.4) is 0 Å². The molecule has 0 unspecified atom stereocenters. The molecule has 0 spiro atoms. The molecule has 0 heterocycles. The maximum atomic E-state index is 13.7. The van der Waals surface area contributed by atoms with Crippen molar-refractivity contribution < 1.29 is 18.3 Å². The maximum Gasteiger partial charge on any atom is 0.197 e. The first-order valence-corrected chi connectivity index (χ1v) is 4.93. The van der Waals surface area contributed by atoms with Crippen molar-refractivity contribution >= 4 is 0 Å². The standard InChI is InChI=1S/C11H13F2NO2/c1-15-9-7(13)5-6(12)8(10(9)16-2)11(14)3-4-11/h5H,3-4,14H2,1-2H3. The quantitative estimate of drug-likeness (QED) is 0.861. The molecule has 3 nitrogen and oxygen atoms in total. The van der Waals surface area contributed by atoms with Crippen LogP contribution in [-0.2, 0) is 5.54 Å². The SMILES string of the molecule is COc1c(F)cc(F)c(C2(N)CC2)c1OC. The van der Waals surface area contributed by atoms with Crippen molar-refractivity contribution in [2.45, 2.75) is 18.4 Å². The summed E-state index contributed by atoms with van der Waals surface area (Å²) in [6, 6.07) is 0.781. The normalized spacial score (nSPS) is 17.1. The lowest BCUT2D eigenvalue weighted by Crippen LogP contribution is -2.22. The highest BCUT2D eigenvalue weighted by Crippen LogP contribution is 2.50. The van der Waals surface area contributed by atoms with Crippen LogP contribution in [0.15, 0.2) is 6.07 Å². The molecule has 16 heavy (non-hydrogen) atoms. The molecule has 88 valence electrons. The Morgan fingerprint density at radius 1 is 1.12 bits per heavy atom. The highest BCUT2D eigenvalue weighted by atomic mass is 19.1. The highest BCUT2D eigenvalue weighted by molar-refractivity contribution is 5.53. The van der Waals surface area contributed by atoms with Crippen LogP contribution in [0.4, 0.5) is 8.78 Å². The third-order valence-corrected chi connectivity index (χ3v) is 2.84. The zero-order valence-electron chi connectivity index (χ0n) is 9.14. The Morgan fingerprint density at radius 2 is 1.69 bits per heavy atom. The Kier molecular flexibility index (Phi) is 2.50. The van der Waals surface area contributed by atoms with Crippen LogP contribution >= 0.6 is 0 Å². The molecule has 1 saturated carbocycles. The number of halogens is 2. The smallest absolute Gasteiger partial charge is 0.197 e. The van der Waals surface area contributed by atoms with Crippen LogP contribution in [-0.4, -0.2) is 14.2 Å². The van der Waals surface area contributed by atoms with E-state index in [9.17, 15) is 8.78 Å². The molecule has 0 amide bonds. The molecule has 1 aromatic rings. The topological polar surface area (TPSA) is 44.5 Å². The summed E-state index contributed by atoms with van der Waals surface area (Å²) in [7, 11) is 2.64. The minimum absolute atomic E-state index is 0.0556. The van der Waals surface area contributed by atoms with E-state index in [1.54, 1.807) is 0 Å². The molecule has 1 aromatic carbocycles. The second kappa shape index (κ2) is 3.59. The molecule has 0 saturated heterocycles. The van der Waals surface area contributed by atoms with E-state index in [0.717, 1.165) is 6.07 Å². The first-order chi connectivity index (χ1) is 7.53. The van der Waals surface area contributed by atoms with E-state index in [1.165, 1.54) is 14.2 Å². The van der Waals surface area contributed by atoms with Crippen LogP contribution in [0.25, 0.3) is 0 Å². The third-order valence-electron chi connectivity index (χ3n) is 2.84. The molecular weight excluding hydrogens is 216 g/mol. The maximum absolute atomic E-state index is 13.7. The molecule has 2 N–H and O–H groups in total.